The van der Waals surface area contributed by atoms with Crippen molar-refractivity contribution in [3.63, 3.8) is 0 Å². The van der Waals surface area contributed by atoms with E-state index in [9.17, 15) is 13.2 Å². The smallest absolute Gasteiger partial charge is 0.356 e. The fraction of sp³-hybridized carbons (Fsp3) is 0.333. The summed E-state index contributed by atoms with van der Waals surface area (Å²) < 4.78 is 27.0. The van der Waals surface area contributed by atoms with Gasteiger partial charge in [-0.15, -0.1) is 0 Å². The van der Waals surface area contributed by atoms with Gasteiger partial charge in [0.25, 0.3) is 0 Å². The van der Waals surface area contributed by atoms with Crippen molar-refractivity contribution < 1.29 is 18.3 Å². The molecule has 7 nitrogen and oxygen atoms in total. The molecule has 0 atom stereocenters. The van der Waals surface area contributed by atoms with Crippen molar-refractivity contribution in [3.05, 3.63) is 47.3 Å². The minimum atomic E-state index is -3.32. The topological polar surface area (TPSA) is 101 Å². The number of carbonyl (C=O) groups is 1. The third-order valence-electron chi connectivity index (χ3n) is 3.80. The van der Waals surface area contributed by atoms with E-state index in [1.54, 1.807) is 35.0 Å². The highest BCUT2D eigenvalue weighted by atomic mass is 32.2. The minimum absolute atomic E-state index is 0.0220. The van der Waals surface area contributed by atoms with E-state index in [0.29, 0.717) is 11.5 Å². The van der Waals surface area contributed by atoms with Gasteiger partial charge in [-0.3, -0.25) is 0 Å². The van der Waals surface area contributed by atoms with Gasteiger partial charge < -0.3 is 5.11 Å². The molecule has 8 heteroatoms. The summed E-state index contributed by atoms with van der Waals surface area (Å²) in [7, 11) is -1.94. The van der Waals surface area contributed by atoms with Gasteiger partial charge in [0.1, 0.15) is 0 Å². The van der Waals surface area contributed by atoms with Crippen LogP contribution in [-0.4, -0.2) is 36.3 Å². The van der Waals surface area contributed by atoms with Gasteiger partial charge in [0.05, 0.1) is 11.4 Å². The molecule has 2 aromatic rings. The highest BCUT2D eigenvalue weighted by Crippen LogP contribution is 2.41. The van der Waals surface area contributed by atoms with Crippen LogP contribution in [0, 0.1) is 0 Å². The summed E-state index contributed by atoms with van der Waals surface area (Å²) in [6.07, 6.45) is 2.06. The van der Waals surface area contributed by atoms with Gasteiger partial charge in [-0.1, -0.05) is 12.1 Å². The molecule has 23 heavy (non-hydrogen) atoms. The number of carboxylic acids is 1. The fourth-order valence-corrected chi connectivity index (χ4v) is 3.18. The average Bonchev–Trinajstić information content (AvgIpc) is 3.26. The molecule has 1 aromatic heterocycles. The number of hydrogen-bond acceptors (Lipinski definition) is 4. The molecule has 1 heterocycles. The lowest BCUT2D eigenvalue weighted by Gasteiger charge is -2.08. The Bertz CT molecular complexity index is 836. The second kappa shape index (κ2) is 5.78. The van der Waals surface area contributed by atoms with Crippen LogP contribution in [-0.2, 0) is 15.8 Å². The van der Waals surface area contributed by atoms with Crippen LogP contribution in [0.4, 0.5) is 0 Å². The maximum Gasteiger partial charge on any atom is 0.356 e. The van der Waals surface area contributed by atoms with E-state index in [1.807, 2.05) is 0 Å². The Labute approximate surface area is 134 Å². The Hall–Kier alpha value is -2.19. The van der Waals surface area contributed by atoms with Crippen molar-refractivity contribution in [3.8, 4) is 5.69 Å². The highest BCUT2D eigenvalue weighted by molar-refractivity contribution is 7.88. The molecule has 3 rings (SSSR count). The zero-order chi connectivity index (χ0) is 16.6. The van der Waals surface area contributed by atoms with Crippen LogP contribution in [0.25, 0.3) is 5.69 Å². The Morgan fingerprint density at radius 2 is 2.00 bits per heavy atom. The van der Waals surface area contributed by atoms with Crippen LogP contribution in [0.5, 0.6) is 0 Å². The van der Waals surface area contributed by atoms with Gasteiger partial charge in [-0.05, 0) is 43.7 Å². The molecule has 0 saturated heterocycles. The number of benzene rings is 1. The first-order chi connectivity index (χ1) is 10.9. The van der Waals surface area contributed by atoms with Gasteiger partial charge in [0.15, 0.2) is 5.69 Å². The average molecular weight is 335 g/mol. The molecule has 1 aliphatic carbocycles. The lowest BCUT2D eigenvalue weighted by atomic mass is 10.2. The standard InChI is InChI=1S/C15H17N3O4S/c1-16-23(21,22)9-10-2-6-12(7-3-10)18-14(11-4-5-11)8-13(17-18)15(19)20/h2-3,6-8,11,16H,4-5,9H2,1H3,(H,19,20). The molecular weight excluding hydrogens is 318 g/mol. The first-order valence-electron chi connectivity index (χ1n) is 7.23. The largest absolute Gasteiger partial charge is 0.476 e. The van der Waals surface area contributed by atoms with E-state index in [2.05, 4.69) is 9.82 Å². The summed E-state index contributed by atoms with van der Waals surface area (Å²) in [4.78, 5) is 11.1. The summed E-state index contributed by atoms with van der Waals surface area (Å²) in [5.41, 5.74) is 2.29. The predicted molar refractivity (Wildman–Crippen MR) is 84.2 cm³/mol. The molecular formula is C15H17N3O4S. The van der Waals surface area contributed by atoms with Crippen LogP contribution in [0.1, 0.15) is 40.5 Å². The molecule has 0 radical (unpaired) electrons. The van der Waals surface area contributed by atoms with Crippen molar-refractivity contribution in [2.75, 3.05) is 7.05 Å². The molecule has 0 spiro atoms. The van der Waals surface area contributed by atoms with E-state index < -0.39 is 16.0 Å². The third kappa shape index (κ3) is 3.43. The number of carboxylic acid groups (broad SMARTS) is 1. The SMILES string of the molecule is CNS(=O)(=O)Cc1ccc(-n2nc(C(=O)O)cc2C2CC2)cc1. The van der Waals surface area contributed by atoms with Gasteiger partial charge >= 0.3 is 5.97 Å². The molecule has 1 aromatic carbocycles. The van der Waals surface area contributed by atoms with Crippen LogP contribution in [0.2, 0.25) is 0 Å². The Kier molecular flexibility index (Phi) is 3.95. The quantitative estimate of drug-likeness (QED) is 0.833. The normalized spacial score (nSPS) is 14.8. The van der Waals surface area contributed by atoms with E-state index in [4.69, 9.17) is 5.11 Å². The summed E-state index contributed by atoms with van der Waals surface area (Å²) >= 11 is 0. The molecule has 2 N–H and O–H groups in total. The lowest BCUT2D eigenvalue weighted by Crippen LogP contribution is -2.20. The van der Waals surface area contributed by atoms with E-state index in [1.165, 1.54) is 7.05 Å². The fourth-order valence-electron chi connectivity index (χ4n) is 2.40. The molecule has 0 aliphatic heterocycles. The third-order valence-corrected chi connectivity index (χ3v) is 5.14. The maximum atomic E-state index is 11.6. The van der Waals surface area contributed by atoms with Crippen LogP contribution in [0.3, 0.4) is 0 Å². The molecule has 1 fully saturated rings. The van der Waals surface area contributed by atoms with Gasteiger partial charge in [0.2, 0.25) is 10.0 Å². The Balaban J connectivity index is 1.91. The lowest BCUT2D eigenvalue weighted by molar-refractivity contribution is 0.0690. The highest BCUT2D eigenvalue weighted by Gasteiger charge is 2.29. The molecule has 122 valence electrons. The van der Waals surface area contributed by atoms with Crippen molar-refractivity contribution in [2.45, 2.75) is 24.5 Å². The van der Waals surface area contributed by atoms with Crippen LogP contribution >= 0.6 is 0 Å². The van der Waals surface area contributed by atoms with Gasteiger partial charge in [-0.25, -0.2) is 22.6 Å². The second-order valence-corrected chi connectivity index (χ2v) is 7.50. The van der Waals surface area contributed by atoms with Crippen molar-refractivity contribution >= 4 is 16.0 Å². The molecule has 1 saturated carbocycles. The van der Waals surface area contributed by atoms with Crippen LogP contribution in [0.15, 0.2) is 30.3 Å². The Morgan fingerprint density at radius 1 is 1.35 bits per heavy atom. The number of nitrogens with one attached hydrogen (secondary N) is 1. The number of aromatic carboxylic acids is 1. The van der Waals surface area contributed by atoms with Crippen molar-refractivity contribution in [1.29, 1.82) is 0 Å². The summed E-state index contributed by atoms with van der Waals surface area (Å²) in [5, 5.41) is 13.3. The first-order valence-corrected chi connectivity index (χ1v) is 8.88. The number of hydrogen-bond donors (Lipinski definition) is 2. The first kappa shape index (κ1) is 15.7. The predicted octanol–water partition coefficient (Wildman–Crippen LogP) is 1.50. The van der Waals surface area contributed by atoms with E-state index >= 15 is 0 Å². The summed E-state index contributed by atoms with van der Waals surface area (Å²) in [6.45, 7) is 0. The monoisotopic (exact) mass is 335 g/mol. The van der Waals surface area contributed by atoms with Crippen molar-refractivity contribution in [1.82, 2.24) is 14.5 Å². The number of rotatable bonds is 6. The van der Waals surface area contributed by atoms with E-state index in [0.717, 1.165) is 24.2 Å². The summed E-state index contributed by atoms with van der Waals surface area (Å²) in [6, 6.07) is 8.54. The number of aromatic nitrogens is 2. The van der Waals surface area contributed by atoms with Gasteiger partial charge in [-0.2, -0.15) is 5.10 Å². The number of nitrogens with zero attached hydrogens (tertiary/aromatic N) is 2. The zero-order valence-corrected chi connectivity index (χ0v) is 13.4. The minimum Gasteiger partial charge on any atom is -0.476 e. The van der Waals surface area contributed by atoms with Gasteiger partial charge in [0, 0.05) is 11.6 Å². The second-order valence-electron chi connectivity index (χ2n) is 5.58. The van der Waals surface area contributed by atoms with Crippen LogP contribution < -0.4 is 4.72 Å². The molecule has 0 amide bonds. The van der Waals surface area contributed by atoms with Crippen molar-refractivity contribution in [2.24, 2.45) is 0 Å². The maximum absolute atomic E-state index is 11.6. The number of sulfonamides is 1. The molecule has 1 aliphatic rings. The van der Waals surface area contributed by atoms with E-state index in [-0.39, 0.29) is 11.4 Å². The molecule has 0 unspecified atom stereocenters. The molecule has 0 bridgehead atoms. The zero-order valence-electron chi connectivity index (χ0n) is 12.6. The Morgan fingerprint density at radius 3 is 2.52 bits per heavy atom. The summed E-state index contributed by atoms with van der Waals surface area (Å²) in [5.74, 6) is -0.805.